The number of para-hydroxylation sites is 1. The SMILES string of the molecule is COc1ccccc1C1CC(=O)N(OC)C1=O. The molecule has 0 radical (unpaired) electrons. The molecule has 1 atom stereocenters. The van der Waals surface area contributed by atoms with Crippen molar-refractivity contribution < 1.29 is 19.2 Å². The minimum atomic E-state index is -0.515. The molecule has 0 spiro atoms. The molecule has 1 aromatic rings. The van der Waals surface area contributed by atoms with Crippen LogP contribution < -0.4 is 4.74 Å². The zero-order valence-electron chi connectivity index (χ0n) is 9.67. The van der Waals surface area contributed by atoms with Crippen LogP contribution in [0.5, 0.6) is 5.75 Å². The second-order valence-electron chi connectivity index (χ2n) is 3.71. The van der Waals surface area contributed by atoms with Crippen molar-refractivity contribution in [3.05, 3.63) is 29.8 Å². The smallest absolute Gasteiger partial charge is 0.261 e. The van der Waals surface area contributed by atoms with Gasteiger partial charge < -0.3 is 4.74 Å². The summed E-state index contributed by atoms with van der Waals surface area (Å²) in [4.78, 5) is 28.2. The van der Waals surface area contributed by atoms with E-state index < -0.39 is 5.92 Å². The first-order valence-electron chi connectivity index (χ1n) is 5.23. The number of amides is 2. The summed E-state index contributed by atoms with van der Waals surface area (Å²) < 4.78 is 5.19. The molecule has 0 saturated carbocycles. The van der Waals surface area contributed by atoms with E-state index in [9.17, 15) is 9.59 Å². The van der Waals surface area contributed by atoms with E-state index in [1.54, 1.807) is 12.1 Å². The van der Waals surface area contributed by atoms with Crippen molar-refractivity contribution in [1.82, 2.24) is 5.06 Å². The Labute approximate surface area is 98.9 Å². The molecule has 0 aliphatic carbocycles. The van der Waals surface area contributed by atoms with Crippen LogP contribution in [0.2, 0.25) is 0 Å². The van der Waals surface area contributed by atoms with Crippen molar-refractivity contribution in [2.24, 2.45) is 0 Å². The normalized spacial score (nSPS) is 19.9. The molecular weight excluding hydrogens is 222 g/mol. The maximum Gasteiger partial charge on any atom is 0.261 e. The van der Waals surface area contributed by atoms with Gasteiger partial charge in [0.25, 0.3) is 11.8 Å². The number of hydrogen-bond donors (Lipinski definition) is 0. The number of nitrogens with zero attached hydrogens (tertiary/aromatic N) is 1. The summed E-state index contributed by atoms with van der Waals surface area (Å²) in [6.07, 6.45) is 0.118. The maximum atomic E-state index is 11.9. The molecule has 17 heavy (non-hydrogen) atoms. The lowest BCUT2D eigenvalue weighted by molar-refractivity contribution is -0.179. The number of benzene rings is 1. The highest BCUT2D eigenvalue weighted by Gasteiger charge is 2.41. The fraction of sp³-hybridized carbons (Fsp3) is 0.333. The van der Waals surface area contributed by atoms with E-state index in [1.165, 1.54) is 14.2 Å². The molecule has 1 saturated heterocycles. The lowest BCUT2D eigenvalue weighted by atomic mass is 9.97. The fourth-order valence-electron chi connectivity index (χ4n) is 2.00. The lowest BCUT2D eigenvalue weighted by Crippen LogP contribution is -2.29. The molecule has 2 rings (SSSR count). The summed E-state index contributed by atoms with van der Waals surface area (Å²) in [5.74, 6) is -0.578. The number of hydroxylamine groups is 2. The van der Waals surface area contributed by atoms with Crippen LogP contribution in [0.4, 0.5) is 0 Å². The second-order valence-corrected chi connectivity index (χ2v) is 3.71. The third kappa shape index (κ3) is 1.89. The van der Waals surface area contributed by atoms with Crippen LogP contribution in [0.3, 0.4) is 0 Å². The van der Waals surface area contributed by atoms with Gasteiger partial charge in [0.05, 0.1) is 20.1 Å². The molecule has 1 aliphatic heterocycles. The molecule has 0 bridgehead atoms. The molecule has 0 aromatic heterocycles. The van der Waals surface area contributed by atoms with Gasteiger partial charge in [-0.05, 0) is 6.07 Å². The maximum absolute atomic E-state index is 11.9. The Hall–Kier alpha value is -1.88. The third-order valence-electron chi connectivity index (χ3n) is 2.80. The van der Waals surface area contributed by atoms with E-state index in [4.69, 9.17) is 9.57 Å². The quantitative estimate of drug-likeness (QED) is 0.736. The molecule has 5 nitrogen and oxygen atoms in total. The number of methoxy groups -OCH3 is 1. The van der Waals surface area contributed by atoms with Crippen molar-refractivity contribution in [3.63, 3.8) is 0 Å². The zero-order chi connectivity index (χ0) is 12.4. The molecule has 90 valence electrons. The van der Waals surface area contributed by atoms with Crippen molar-refractivity contribution >= 4 is 11.8 Å². The topological polar surface area (TPSA) is 55.8 Å². The fourth-order valence-corrected chi connectivity index (χ4v) is 2.00. The molecule has 1 unspecified atom stereocenters. The van der Waals surface area contributed by atoms with Crippen molar-refractivity contribution in [2.45, 2.75) is 12.3 Å². The van der Waals surface area contributed by atoms with Gasteiger partial charge in [-0.25, -0.2) is 0 Å². The van der Waals surface area contributed by atoms with Crippen molar-refractivity contribution in [3.8, 4) is 5.75 Å². The summed E-state index contributed by atoms with van der Waals surface area (Å²) in [7, 11) is 2.84. The highest BCUT2D eigenvalue weighted by atomic mass is 16.7. The van der Waals surface area contributed by atoms with E-state index in [-0.39, 0.29) is 18.2 Å². The molecule has 1 aliphatic rings. The largest absolute Gasteiger partial charge is 0.496 e. The van der Waals surface area contributed by atoms with Crippen LogP contribution in [-0.4, -0.2) is 31.1 Å². The number of hydrogen-bond acceptors (Lipinski definition) is 4. The van der Waals surface area contributed by atoms with Gasteiger partial charge in [-0.1, -0.05) is 18.2 Å². The predicted molar refractivity (Wildman–Crippen MR) is 59.2 cm³/mol. The Morgan fingerprint density at radius 3 is 2.53 bits per heavy atom. The summed E-state index contributed by atoms with van der Waals surface area (Å²) in [5, 5.41) is 0.803. The molecule has 0 N–H and O–H groups in total. The van der Waals surface area contributed by atoms with Gasteiger partial charge in [0, 0.05) is 12.0 Å². The minimum absolute atomic E-state index is 0.118. The summed E-state index contributed by atoms with van der Waals surface area (Å²) in [5.41, 5.74) is 0.716. The second kappa shape index (κ2) is 4.55. The van der Waals surface area contributed by atoms with E-state index >= 15 is 0 Å². The van der Waals surface area contributed by atoms with Crippen molar-refractivity contribution in [1.29, 1.82) is 0 Å². The Morgan fingerprint density at radius 1 is 1.24 bits per heavy atom. The van der Waals surface area contributed by atoms with E-state index in [2.05, 4.69) is 0 Å². The van der Waals surface area contributed by atoms with Gasteiger partial charge in [0.2, 0.25) is 0 Å². The minimum Gasteiger partial charge on any atom is -0.496 e. The number of carbonyl (C=O) groups is 2. The van der Waals surface area contributed by atoms with Crippen LogP contribution in [-0.2, 0) is 14.4 Å². The molecule has 2 amide bonds. The first kappa shape index (κ1) is 11.6. The van der Waals surface area contributed by atoms with Gasteiger partial charge in [-0.2, -0.15) is 5.06 Å². The van der Waals surface area contributed by atoms with Gasteiger partial charge in [-0.3, -0.25) is 14.4 Å². The van der Waals surface area contributed by atoms with E-state index in [0.29, 0.717) is 11.3 Å². The van der Waals surface area contributed by atoms with Crippen molar-refractivity contribution in [2.75, 3.05) is 14.2 Å². The highest BCUT2D eigenvalue weighted by Crippen LogP contribution is 2.34. The molecule has 5 heteroatoms. The van der Waals surface area contributed by atoms with Gasteiger partial charge in [0.15, 0.2) is 0 Å². The van der Waals surface area contributed by atoms with Crippen LogP contribution in [0.15, 0.2) is 24.3 Å². The summed E-state index contributed by atoms with van der Waals surface area (Å²) in [6, 6.07) is 7.18. The van der Waals surface area contributed by atoms with Crippen LogP contribution in [0.25, 0.3) is 0 Å². The van der Waals surface area contributed by atoms with Crippen LogP contribution in [0, 0.1) is 0 Å². The lowest BCUT2D eigenvalue weighted by Gasteiger charge is -2.13. The zero-order valence-corrected chi connectivity index (χ0v) is 9.67. The summed E-state index contributed by atoms with van der Waals surface area (Å²) >= 11 is 0. The number of carbonyl (C=O) groups excluding carboxylic acids is 2. The van der Waals surface area contributed by atoms with Crippen LogP contribution in [0.1, 0.15) is 17.9 Å². The first-order chi connectivity index (χ1) is 8.19. The standard InChI is InChI=1S/C12H13NO4/c1-16-10-6-4-3-5-8(10)9-7-11(14)13(17-2)12(9)15/h3-6,9H,7H2,1-2H3. The highest BCUT2D eigenvalue weighted by molar-refractivity contribution is 6.05. The van der Waals surface area contributed by atoms with Gasteiger partial charge in [0.1, 0.15) is 5.75 Å². The monoisotopic (exact) mass is 235 g/mol. The molecule has 1 aromatic carbocycles. The third-order valence-corrected chi connectivity index (χ3v) is 2.80. The molecular formula is C12H13NO4. The van der Waals surface area contributed by atoms with Gasteiger partial charge >= 0.3 is 0 Å². The number of ether oxygens (including phenoxy) is 1. The molecule has 1 fully saturated rings. The number of rotatable bonds is 3. The molecule has 1 heterocycles. The van der Waals surface area contributed by atoms with E-state index in [0.717, 1.165) is 5.06 Å². The summed E-state index contributed by atoms with van der Waals surface area (Å²) in [6.45, 7) is 0. The average molecular weight is 235 g/mol. The van der Waals surface area contributed by atoms with Gasteiger partial charge in [-0.15, -0.1) is 0 Å². The Bertz CT molecular complexity index is 458. The van der Waals surface area contributed by atoms with E-state index in [1.807, 2.05) is 12.1 Å². The Balaban J connectivity index is 2.36. The number of imide groups is 1. The first-order valence-corrected chi connectivity index (χ1v) is 5.23. The Morgan fingerprint density at radius 2 is 1.94 bits per heavy atom. The van der Waals surface area contributed by atoms with Crippen LogP contribution >= 0.6 is 0 Å². The predicted octanol–water partition coefficient (Wildman–Crippen LogP) is 1.10. The average Bonchev–Trinajstić information content (AvgIpc) is 2.64. The Kier molecular flexibility index (Phi) is 3.10.